The van der Waals surface area contributed by atoms with Crippen LogP contribution in [0.5, 0.6) is 0 Å². The van der Waals surface area contributed by atoms with E-state index in [0.717, 1.165) is 17.7 Å². The Morgan fingerprint density at radius 2 is 1.96 bits per heavy atom. The molecule has 2 heterocycles. The molecule has 5 nitrogen and oxygen atoms in total. The first-order valence-corrected chi connectivity index (χ1v) is 8.69. The molecule has 0 saturated heterocycles. The SMILES string of the molecule is CCCCN1C(=O)c2ccc(C(=O)OCc3cccs3)cc2C1=O. The Bertz CT molecular complexity index is 782. The average Bonchev–Trinajstić information content (AvgIpc) is 3.19. The molecular weight excluding hydrogens is 326 g/mol. The maximum Gasteiger partial charge on any atom is 0.338 e. The van der Waals surface area contributed by atoms with Crippen LogP contribution in [0.2, 0.25) is 0 Å². The second-order valence-corrected chi connectivity index (χ2v) is 6.56. The van der Waals surface area contributed by atoms with E-state index >= 15 is 0 Å². The number of benzene rings is 1. The van der Waals surface area contributed by atoms with Crippen molar-refractivity contribution in [3.05, 3.63) is 57.3 Å². The van der Waals surface area contributed by atoms with E-state index in [1.807, 2.05) is 24.4 Å². The third-order valence-electron chi connectivity index (χ3n) is 3.87. The summed E-state index contributed by atoms with van der Waals surface area (Å²) in [5.41, 5.74) is 0.913. The third-order valence-corrected chi connectivity index (χ3v) is 4.72. The molecule has 0 saturated carbocycles. The highest BCUT2D eigenvalue weighted by Gasteiger charge is 2.35. The average molecular weight is 343 g/mol. The topological polar surface area (TPSA) is 63.7 Å². The number of fused-ring (bicyclic) bond motifs is 1. The Kier molecular flexibility index (Phi) is 4.76. The predicted molar refractivity (Wildman–Crippen MR) is 90.2 cm³/mol. The van der Waals surface area contributed by atoms with Crippen LogP contribution in [0.1, 0.15) is 55.7 Å². The Hall–Kier alpha value is -2.47. The third kappa shape index (κ3) is 3.10. The van der Waals surface area contributed by atoms with Gasteiger partial charge in [-0.3, -0.25) is 14.5 Å². The number of unbranched alkanes of at least 4 members (excludes halogenated alkanes) is 1. The van der Waals surface area contributed by atoms with Gasteiger partial charge in [0, 0.05) is 11.4 Å². The number of ether oxygens (including phenoxy) is 1. The molecule has 1 aromatic heterocycles. The highest BCUT2D eigenvalue weighted by Crippen LogP contribution is 2.25. The fourth-order valence-electron chi connectivity index (χ4n) is 2.55. The molecule has 0 aliphatic carbocycles. The van der Waals surface area contributed by atoms with Crippen molar-refractivity contribution >= 4 is 29.1 Å². The van der Waals surface area contributed by atoms with E-state index in [1.54, 1.807) is 0 Å². The van der Waals surface area contributed by atoms with Crippen molar-refractivity contribution in [3.8, 4) is 0 Å². The Labute approximate surface area is 143 Å². The van der Waals surface area contributed by atoms with Gasteiger partial charge in [-0.05, 0) is 36.1 Å². The summed E-state index contributed by atoms with van der Waals surface area (Å²) >= 11 is 1.51. The van der Waals surface area contributed by atoms with Gasteiger partial charge in [-0.25, -0.2) is 4.79 Å². The van der Waals surface area contributed by atoms with Gasteiger partial charge in [-0.1, -0.05) is 19.4 Å². The van der Waals surface area contributed by atoms with E-state index in [2.05, 4.69) is 0 Å². The molecule has 2 aromatic rings. The van der Waals surface area contributed by atoms with Gasteiger partial charge in [0.15, 0.2) is 0 Å². The lowest BCUT2D eigenvalue weighted by atomic mass is 10.1. The van der Waals surface area contributed by atoms with Crippen LogP contribution >= 0.6 is 11.3 Å². The number of carbonyl (C=O) groups is 3. The molecule has 24 heavy (non-hydrogen) atoms. The van der Waals surface area contributed by atoms with Crippen LogP contribution in [-0.2, 0) is 11.3 Å². The molecule has 3 rings (SSSR count). The lowest BCUT2D eigenvalue weighted by Gasteiger charge is -2.12. The van der Waals surface area contributed by atoms with Gasteiger partial charge in [0.1, 0.15) is 6.61 Å². The molecule has 6 heteroatoms. The van der Waals surface area contributed by atoms with Crippen LogP contribution in [0.15, 0.2) is 35.7 Å². The first kappa shape index (κ1) is 16.4. The van der Waals surface area contributed by atoms with E-state index in [1.165, 1.54) is 34.4 Å². The summed E-state index contributed by atoms with van der Waals surface area (Å²) in [5, 5.41) is 1.91. The molecule has 2 amide bonds. The fourth-order valence-corrected chi connectivity index (χ4v) is 3.17. The van der Waals surface area contributed by atoms with Crippen molar-refractivity contribution in [2.24, 2.45) is 0 Å². The molecule has 0 radical (unpaired) electrons. The van der Waals surface area contributed by atoms with Crippen LogP contribution < -0.4 is 0 Å². The number of hydrogen-bond acceptors (Lipinski definition) is 5. The number of thiophene rings is 1. The molecule has 0 fully saturated rings. The van der Waals surface area contributed by atoms with E-state index in [-0.39, 0.29) is 29.5 Å². The van der Waals surface area contributed by atoms with Crippen LogP contribution in [-0.4, -0.2) is 29.2 Å². The predicted octanol–water partition coefficient (Wildman–Crippen LogP) is 3.50. The minimum absolute atomic E-state index is 0.198. The summed E-state index contributed by atoms with van der Waals surface area (Å²) in [6.45, 7) is 2.60. The molecular formula is C18H17NO4S. The summed E-state index contributed by atoms with van der Waals surface area (Å²) in [4.78, 5) is 39.0. The molecule has 0 atom stereocenters. The molecule has 124 valence electrons. The number of amides is 2. The minimum atomic E-state index is -0.501. The summed E-state index contributed by atoms with van der Waals surface area (Å²) in [6.07, 6.45) is 1.66. The second kappa shape index (κ2) is 6.97. The Morgan fingerprint density at radius 1 is 1.17 bits per heavy atom. The molecule has 1 aliphatic rings. The highest BCUT2D eigenvalue weighted by atomic mass is 32.1. The zero-order valence-corrected chi connectivity index (χ0v) is 14.1. The van der Waals surface area contributed by atoms with E-state index in [4.69, 9.17) is 4.74 Å². The quantitative estimate of drug-likeness (QED) is 0.595. The molecule has 0 spiro atoms. The van der Waals surface area contributed by atoms with Crippen LogP contribution in [0.25, 0.3) is 0 Å². The fraction of sp³-hybridized carbons (Fsp3) is 0.278. The number of esters is 1. The molecule has 1 aliphatic heterocycles. The number of nitrogens with zero attached hydrogens (tertiary/aromatic N) is 1. The van der Waals surface area contributed by atoms with Crippen molar-refractivity contribution in [1.82, 2.24) is 4.90 Å². The zero-order chi connectivity index (χ0) is 17.1. The van der Waals surface area contributed by atoms with Crippen molar-refractivity contribution in [2.75, 3.05) is 6.54 Å². The van der Waals surface area contributed by atoms with Crippen molar-refractivity contribution in [1.29, 1.82) is 0 Å². The molecule has 0 bridgehead atoms. The lowest BCUT2D eigenvalue weighted by Crippen LogP contribution is -2.30. The monoisotopic (exact) mass is 343 g/mol. The number of imide groups is 1. The zero-order valence-electron chi connectivity index (χ0n) is 13.3. The molecule has 1 aromatic carbocycles. The van der Waals surface area contributed by atoms with Gasteiger partial charge in [0.25, 0.3) is 11.8 Å². The van der Waals surface area contributed by atoms with E-state index in [9.17, 15) is 14.4 Å². The van der Waals surface area contributed by atoms with Gasteiger partial charge >= 0.3 is 5.97 Å². The standard InChI is InChI=1S/C18H17NO4S/c1-2-3-8-19-16(20)14-7-6-12(10-15(14)17(19)21)18(22)23-11-13-5-4-9-24-13/h4-7,9-10H,2-3,8,11H2,1H3. The second-order valence-electron chi connectivity index (χ2n) is 5.53. The first-order valence-electron chi connectivity index (χ1n) is 7.81. The Morgan fingerprint density at radius 3 is 2.67 bits per heavy atom. The summed E-state index contributed by atoms with van der Waals surface area (Å²) in [5.74, 6) is -1.13. The smallest absolute Gasteiger partial charge is 0.338 e. The van der Waals surface area contributed by atoms with Crippen molar-refractivity contribution in [3.63, 3.8) is 0 Å². The van der Waals surface area contributed by atoms with Gasteiger partial charge in [-0.2, -0.15) is 0 Å². The number of hydrogen-bond donors (Lipinski definition) is 0. The number of carbonyl (C=O) groups excluding carboxylic acids is 3. The normalized spacial score (nSPS) is 13.3. The van der Waals surface area contributed by atoms with Crippen LogP contribution in [0.3, 0.4) is 0 Å². The highest BCUT2D eigenvalue weighted by molar-refractivity contribution is 7.09. The lowest BCUT2D eigenvalue weighted by molar-refractivity contribution is 0.0476. The molecule has 0 unspecified atom stereocenters. The maximum absolute atomic E-state index is 12.4. The van der Waals surface area contributed by atoms with Crippen molar-refractivity contribution in [2.45, 2.75) is 26.4 Å². The van der Waals surface area contributed by atoms with Gasteiger partial charge < -0.3 is 4.74 Å². The molecule has 0 N–H and O–H groups in total. The summed E-state index contributed by atoms with van der Waals surface area (Å²) in [6, 6.07) is 8.29. The number of rotatable bonds is 6. The largest absolute Gasteiger partial charge is 0.456 e. The summed E-state index contributed by atoms with van der Waals surface area (Å²) < 4.78 is 5.25. The van der Waals surface area contributed by atoms with Gasteiger partial charge in [0.2, 0.25) is 0 Å². The first-order chi connectivity index (χ1) is 11.6. The van der Waals surface area contributed by atoms with E-state index in [0.29, 0.717) is 12.1 Å². The minimum Gasteiger partial charge on any atom is -0.456 e. The van der Waals surface area contributed by atoms with Gasteiger partial charge in [-0.15, -0.1) is 11.3 Å². The maximum atomic E-state index is 12.4. The van der Waals surface area contributed by atoms with E-state index < -0.39 is 5.97 Å². The van der Waals surface area contributed by atoms with Crippen LogP contribution in [0, 0.1) is 0 Å². The summed E-state index contributed by atoms with van der Waals surface area (Å²) in [7, 11) is 0. The van der Waals surface area contributed by atoms with Crippen LogP contribution in [0.4, 0.5) is 0 Å². The van der Waals surface area contributed by atoms with Gasteiger partial charge in [0.05, 0.1) is 16.7 Å². The Balaban J connectivity index is 1.75. The van der Waals surface area contributed by atoms with Crippen molar-refractivity contribution < 1.29 is 19.1 Å².